The van der Waals surface area contributed by atoms with Crippen LogP contribution < -0.4 is 20.3 Å². The summed E-state index contributed by atoms with van der Waals surface area (Å²) in [4.78, 5) is 29.6. The minimum atomic E-state index is -0.577. The first-order valence-electron chi connectivity index (χ1n) is 11.3. The minimum absolute atomic E-state index is 0.201. The Bertz CT molecular complexity index is 946. The number of nitrogens with one attached hydrogen (secondary N) is 2. The third-order valence-corrected chi connectivity index (χ3v) is 6.93. The van der Waals surface area contributed by atoms with Crippen LogP contribution in [0.15, 0.2) is 42.6 Å². The van der Waals surface area contributed by atoms with Crippen molar-refractivity contribution in [2.45, 2.75) is 43.6 Å². The molecule has 2 aliphatic heterocycles. The molecule has 0 radical (unpaired) electrons. The smallest absolute Gasteiger partial charge is 0.286 e. The number of imide groups is 1. The van der Waals surface area contributed by atoms with Crippen LogP contribution in [0.2, 0.25) is 0 Å². The summed E-state index contributed by atoms with van der Waals surface area (Å²) < 4.78 is 5.60. The molecule has 2 saturated heterocycles. The number of carbonyl (C=O) groups excluding carboxylic acids is 2. The van der Waals surface area contributed by atoms with Gasteiger partial charge in [-0.25, -0.2) is 0 Å². The van der Waals surface area contributed by atoms with Crippen LogP contribution in [-0.2, 0) is 11.2 Å². The van der Waals surface area contributed by atoms with Gasteiger partial charge in [0, 0.05) is 37.1 Å². The van der Waals surface area contributed by atoms with E-state index in [1.54, 1.807) is 6.20 Å². The van der Waals surface area contributed by atoms with Gasteiger partial charge in [-0.05, 0) is 56.0 Å². The fourth-order valence-electron chi connectivity index (χ4n) is 4.02. The van der Waals surface area contributed by atoms with E-state index in [2.05, 4.69) is 32.7 Å². The van der Waals surface area contributed by atoms with Crippen LogP contribution in [0.25, 0.3) is 0 Å². The summed E-state index contributed by atoms with van der Waals surface area (Å²) in [5, 5.41) is 15.4. The van der Waals surface area contributed by atoms with Crippen molar-refractivity contribution in [3.8, 4) is 5.75 Å². The lowest BCUT2D eigenvalue weighted by molar-refractivity contribution is -0.118. The standard InChI is InChI=1S/C24H30N4O4S/c1-16-2-7-21(14-25-16)32-15-20(29)13-26-18-8-10-28(11-9-18)19-5-3-17(4-6-19)12-22-23(30)27-24(31)33-22/h2-7,14,18,20,22,26,29H,8-13,15H2,1H3,(H,27,30,31)/t20-,22?/m0/s1. The molecular weight excluding hydrogens is 440 g/mol. The second-order valence-corrected chi connectivity index (χ2v) is 9.70. The predicted octanol–water partition coefficient (Wildman–Crippen LogP) is 2.28. The van der Waals surface area contributed by atoms with E-state index in [-0.39, 0.29) is 23.0 Å². The van der Waals surface area contributed by atoms with Crippen molar-refractivity contribution in [3.05, 3.63) is 53.9 Å². The molecule has 0 bridgehead atoms. The molecule has 176 valence electrons. The number of ether oxygens (including phenoxy) is 1. The first-order chi connectivity index (χ1) is 16.0. The Morgan fingerprint density at radius 1 is 1.21 bits per heavy atom. The Labute approximate surface area is 198 Å². The van der Waals surface area contributed by atoms with Crippen molar-refractivity contribution >= 4 is 28.6 Å². The average Bonchev–Trinajstić information content (AvgIpc) is 3.14. The number of anilines is 1. The van der Waals surface area contributed by atoms with Gasteiger partial charge < -0.3 is 20.1 Å². The fourth-order valence-corrected chi connectivity index (χ4v) is 4.88. The van der Waals surface area contributed by atoms with Crippen molar-refractivity contribution in [1.82, 2.24) is 15.6 Å². The molecule has 1 unspecified atom stereocenters. The number of benzene rings is 1. The third kappa shape index (κ3) is 6.69. The molecular formula is C24H30N4O4S. The molecule has 0 spiro atoms. The number of aliphatic hydroxyl groups is 1. The van der Waals surface area contributed by atoms with E-state index >= 15 is 0 Å². The largest absolute Gasteiger partial charge is 0.489 e. The van der Waals surface area contributed by atoms with Gasteiger partial charge in [0.05, 0.1) is 11.4 Å². The van der Waals surface area contributed by atoms with Crippen LogP contribution in [-0.4, -0.2) is 64.9 Å². The molecule has 9 heteroatoms. The first-order valence-corrected chi connectivity index (χ1v) is 12.2. The highest BCUT2D eigenvalue weighted by atomic mass is 32.2. The number of aryl methyl sites for hydroxylation is 1. The molecule has 2 aromatic rings. The maximum absolute atomic E-state index is 11.7. The van der Waals surface area contributed by atoms with Crippen LogP contribution >= 0.6 is 11.8 Å². The number of amides is 2. The summed E-state index contributed by atoms with van der Waals surface area (Å²) in [5.41, 5.74) is 3.15. The maximum atomic E-state index is 11.7. The highest BCUT2D eigenvalue weighted by Gasteiger charge is 2.31. The summed E-state index contributed by atoms with van der Waals surface area (Å²) in [5.74, 6) is 0.463. The van der Waals surface area contributed by atoms with E-state index in [9.17, 15) is 14.7 Å². The quantitative estimate of drug-likeness (QED) is 0.513. The number of hydrogen-bond donors (Lipinski definition) is 3. The topological polar surface area (TPSA) is 104 Å². The monoisotopic (exact) mass is 470 g/mol. The zero-order valence-corrected chi connectivity index (χ0v) is 19.5. The molecule has 2 amide bonds. The average molecular weight is 471 g/mol. The van der Waals surface area contributed by atoms with E-state index in [1.807, 2.05) is 31.2 Å². The van der Waals surface area contributed by atoms with E-state index in [0.29, 0.717) is 24.8 Å². The Hall–Kier alpha value is -2.62. The second kappa shape index (κ2) is 11.0. The zero-order chi connectivity index (χ0) is 23.2. The van der Waals surface area contributed by atoms with Crippen LogP contribution in [0.5, 0.6) is 5.75 Å². The van der Waals surface area contributed by atoms with E-state index < -0.39 is 6.10 Å². The summed E-state index contributed by atoms with van der Waals surface area (Å²) in [6, 6.07) is 12.4. The fraction of sp³-hybridized carbons (Fsp3) is 0.458. The van der Waals surface area contributed by atoms with E-state index in [4.69, 9.17) is 4.74 Å². The minimum Gasteiger partial charge on any atom is -0.489 e. The number of nitrogens with zero attached hydrogens (tertiary/aromatic N) is 2. The van der Waals surface area contributed by atoms with Crippen molar-refractivity contribution in [2.24, 2.45) is 0 Å². The SMILES string of the molecule is Cc1ccc(OC[C@@H](O)CNC2CCN(c3ccc(CC4SC(=O)NC4=O)cc3)CC2)cn1. The first kappa shape index (κ1) is 23.5. The van der Waals surface area contributed by atoms with Gasteiger partial charge in [0.2, 0.25) is 5.91 Å². The third-order valence-electron chi connectivity index (χ3n) is 5.95. The van der Waals surface area contributed by atoms with Gasteiger partial charge in [0.1, 0.15) is 18.5 Å². The number of aliphatic hydroxyl groups excluding tert-OH is 1. The molecule has 1 aromatic carbocycles. The zero-order valence-electron chi connectivity index (χ0n) is 18.7. The Morgan fingerprint density at radius 2 is 1.97 bits per heavy atom. The second-order valence-electron chi connectivity index (χ2n) is 8.52. The highest BCUT2D eigenvalue weighted by Crippen LogP contribution is 2.25. The Balaban J connectivity index is 1.16. The van der Waals surface area contributed by atoms with E-state index in [1.165, 1.54) is 0 Å². The van der Waals surface area contributed by atoms with Gasteiger partial charge in [-0.2, -0.15) is 0 Å². The number of hydrogen-bond acceptors (Lipinski definition) is 8. The van der Waals surface area contributed by atoms with Crippen LogP contribution in [0.3, 0.4) is 0 Å². The van der Waals surface area contributed by atoms with Gasteiger partial charge in [0.15, 0.2) is 0 Å². The number of thioether (sulfide) groups is 1. The van der Waals surface area contributed by atoms with Gasteiger partial charge in [-0.3, -0.25) is 19.9 Å². The molecule has 2 atom stereocenters. The molecule has 8 nitrogen and oxygen atoms in total. The molecule has 2 fully saturated rings. The number of aromatic nitrogens is 1. The van der Waals surface area contributed by atoms with Crippen LogP contribution in [0.1, 0.15) is 24.1 Å². The van der Waals surface area contributed by atoms with Crippen molar-refractivity contribution in [1.29, 1.82) is 0 Å². The normalized spacial score (nSPS) is 20.1. The summed E-state index contributed by atoms with van der Waals surface area (Å²) >= 11 is 1.06. The van der Waals surface area contributed by atoms with Gasteiger partial charge in [-0.1, -0.05) is 23.9 Å². The lowest BCUT2D eigenvalue weighted by atomic mass is 10.0. The Kier molecular flexibility index (Phi) is 7.85. The maximum Gasteiger partial charge on any atom is 0.286 e. The summed E-state index contributed by atoms with van der Waals surface area (Å²) in [7, 11) is 0. The van der Waals surface area contributed by atoms with Crippen molar-refractivity contribution < 1.29 is 19.4 Å². The van der Waals surface area contributed by atoms with Crippen molar-refractivity contribution in [2.75, 3.05) is 31.1 Å². The number of rotatable bonds is 9. The number of piperidine rings is 1. The van der Waals surface area contributed by atoms with E-state index in [0.717, 1.165) is 54.6 Å². The number of pyridine rings is 1. The Morgan fingerprint density at radius 3 is 2.61 bits per heavy atom. The molecule has 3 N–H and O–H groups in total. The van der Waals surface area contributed by atoms with Crippen molar-refractivity contribution in [3.63, 3.8) is 0 Å². The molecule has 33 heavy (non-hydrogen) atoms. The molecule has 2 aliphatic rings. The lowest BCUT2D eigenvalue weighted by Crippen LogP contribution is -2.45. The van der Waals surface area contributed by atoms with Crippen LogP contribution in [0.4, 0.5) is 10.5 Å². The summed E-state index contributed by atoms with van der Waals surface area (Å²) in [6.07, 6.45) is 3.65. The molecule has 3 heterocycles. The summed E-state index contributed by atoms with van der Waals surface area (Å²) in [6.45, 7) is 4.53. The van der Waals surface area contributed by atoms with Gasteiger partial charge in [-0.15, -0.1) is 0 Å². The lowest BCUT2D eigenvalue weighted by Gasteiger charge is -2.34. The molecule has 4 rings (SSSR count). The predicted molar refractivity (Wildman–Crippen MR) is 129 cm³/mol. The molecule has 0 aliphatic carbocycles. The molecule has 1 aromatic heterocycles. The van der Waals surface area contributed by atoms with Crippen LogP contribution in [0, 0.1) is 6.92 Å². The molecule has 0 saturated carbocycles. The number of carbonyl (C=O) groups is 2. The highest BCUT2D eigenvalue weighted by molar-refractivity contribution is 8.15. The van der Waals surface area contributed by atoms with Gasteiger partial charge in [0.25, 0.3) is 5.24 Å². The van der Waals surface area contributed by atoms with Gasteiger partial charge >= 0.3 is 0 Å².